The first kappa shape index (κ1) is 17.5. The minimum absolute atomic E-state index is 0.416. The van der Waals surface area contributed by atoms with Crippen LogP contribution in [-0.2, 0) is 10.8 Å². The van der Waals surface area contributed by atoms with Crippen LogP contribution in [0, 0.1) is 0 Å². The van der Waals surface area contributed by atoms with Crippen LogP contribution in [0.5, 0.6) is 0 Å². The Bertz CT molecular complexity index is 608. The van der Waals surface area contributed by atoms with Crippen LogP contribution >= 0.6 is 0 Å². The van der Waals surface area contributed by atoms with Crippen molar-refractivity contribution in [3.05, 3.63) is 69.7 Å². The van der Waals surface area contributed by atoms with Gasteiger partial charge in [-0.3, -0.25) is 0 Å². The molecule has 116 valence electrons. The third-order valence-electron chi connectivity index (χ3n) is 3.23. The molecule has 2 aromatic rings. The van der Waals surface area contributed by atoms with Crippen molar-refractivity contribution in [2.75, 3.05) is 0 Å². The van der Waals surface area contributed by atoms with Crippen molar-refractivity contribution in [3.8, 4) is 0 Å². The summed E-state index contributed by atoms with van der Waals surface area (Å²) in [6.45, 7) is 2.22. The Morgan fingerprint density at radius 1 is 1.00 bits per heavy atom. The van der Waals surface area contributed by atoms with Crippen LogP contribution in [-0.4, -0.2) is 25.1 Å². The van der Waals surface area contributed by atoms with Crippen molar-refractivity contribution in [1.29, 1.82) is 0 Å². The first-order valence-corrected chi connectivity index (χ1v) is 11.2. The van der Waals surface area contributed by atoms with Crippen LogP contribution in [0.2, 0.25) is 0 Å². The predicted molar refractivity (Wildman–Crippen MR) is 96.9 cm³/mol. The molecule has 0 N–H and O–H groups in total. The van der Waals surface area contributed by atoms with Crippen LogP contribution in [0.4, 0.5) is 0 Å². The second kappa shape index (κ2) is 10.0. The molecule has 22 heavy (non-hydrogen) atoms. The van der Waals surface area contributed by atoms with Crippen molar-refractivity contribution in [1.82, 2.24) is 0 Å². The van der Waals surface area contributed by atoms with E-state index in [0.717, 1.165) is 11.3 Å². The maximum atomic E-state index is 12.5. The van der Waals surface area contributed by atoms with E-state index in [9.17, 15) is 4.21 Å². The molecule has 0 aromatic heterocycles. The van der Waals surface area contributed by atoms with Crippen LogP contribution < -0.4 is 3.61 Å². The molecule has 0 bridgehead atoms. The van der Waals surface area contributed by atoms with Gasteiger partial charge in [0.05, 0.1) is 0 Å². The van der Waals surface area contributed by atoms with Gasteiger partial charge in [0.1, 0.15) is 0 Å². The summed E-state index contributed by atoms with van der Waals surface area (Å²) in [7, 11) is -1.02. The molecule has 0 saturated carbocycles. The molecule has 0 spiro atoms. The van der Waals surface area contributed by atoms with Gasteiger partial charge in [-0.25, -0.2) is 0 Å². The Kier molecular flexibility index (Phi) is 7.94. The number of hydrogen-bond donors (Lipinski definition) is 0. The number of unbranched alkanes of at least 4 members (excludes halogenated alkanes) is 2. The summed E-state index contributed by atoms with van der Waals surface area (Å²) in [4.78, 5) is 0.899. The Morgan fingerprint density at radius 2 is 1.64 bits per heavy atom. The molecular weight excluding hydrogens is 404 g/mol. The van der Waals surface area contributed by atoms with Gasteiger partial charge in [-0.15, -0.1) is 0 Å². The molecule has 0 aliphatic rings. The molecule has 1 nitrogen and oxygen atoms in total. The Labute approximate surface area is 146 Å². The van der Waals surface area contributed by atoms with E-state index in [1.165, 1.54) is 26.5 Å². The van der Waals surface area contributed by atoms with Crippen LogP contribution in [0.1, 0.15) is 32.6 Å². The van der Waals surface area contributed by atoms with Crippen molar-refractivity contribution < 1.29 is 4.21 Å². The fourth-order valence-electron chi connectivity index (χ4n) is 2.07. The van der Waals surface area contributed by atoms with Gasteiger partial charge in [0, 0.05) is 0 Å². The summed E-state index contributed by atoms with van der Waals surface area (Å²) < 4.78 is 15.4. The van der Waals surface area contributed by atoms with Gasteiger partial charge in [0.15, 0.2) is 0 Å². The third-order valence-corrected chi connectivity index (χ3v) is 8.05. The SMILES string of the molecule is CCCCC/C(=C/S(=O)c1ccccc1)[Te]c1ccccc1. The van der Waals surface area contributed by atoms with E-state index in [2.05, 4.69) is 37.3 Å². The Morgan fingerprint density at radius 3 is 2.27 bits per heavy atom. The molecule has 0 heterocycles. The molecular formula is C19H22OSTe. The fourth-order valence-corrected chi connectivity index (χ4v) is 6.60. The van der Waals surface area contributed by atoms with Crippen molar-refractivity contribution >= 4 is 35.3 Å². The molecule has 2 rings (SSSR count). The van der Waals surface area contributed by atoms with Gasteiger partial charge in [-0.2, -0.15) is 0 Å². The average molecular weight is 426 g/mol. The molecule has 0 radical (unpaired) electrons. The van der Waals surface area contributed by atoms with Crippen LogP contribution in [0.3, 0.4) is 0 Å². The molecule has 0 amide bonds. The summed E-state index contributed by atoms with van der Waals surface area (Å²) in [5, 5.41) is 2.01. The fraction of sp³-hybridized carbons (Fsp3) is 0.263. The third kappa shape index (κ3) is 6.08. The summed E-state index contributed by atoms with van der Waals surface area (Å²) in [5.41, 5.74) is 0. The van der Waals surface area contributed by atoms with Crippen molar-refractivity contribution in [2.24, 2.45) is 0 Å². The first-order valence-electron chi connectivity index (χ1n) is 7.69. The molecule has 3 heteroatoms. The summed E-state index contributed by atoms with van der Waals surface area (Å²) >= 11 is -0.416. The second-order valence-electron chi connectivity index (χ2n) is 5.07. The zero-order valence-electron chi connectivity index (χ0n) is 12.9. The number of allylic oxidation sites excluding steroid dienone is 1. The first-order chi connectivity index (χ1) is 10.8. The van der Waals surface area contributed by atoms with E-state index in [0.29, 0.717) is 0 Å². The van der Waals surface area contributed by atoms with Crippen molar-refractivity contribution in [2.45, 2.75) is 37.5 Å². The minimum atomic E-state index is -1.02. The molecule has 0 aliphatic heterocycles. The average Bonchev–Trinajstić information content (AvgIpc) is 2.56. The molecule has 0 aliphatic carbocycles. The topological polar surface area (TPSA) is 17.1 Å². The van der Waals surface area contributed by atoms with E-state index < -0.39 is 31.7 Å². The number of hydrogen-bond acceptors (Lipinski definition) is 1. The maximum absolute atomic E-state index is 12.5. The van der Waals surface area contributed by atoms with E-state index in [-0.39, 0.29) is 0 Å². The Hall–Kier alpha value is -0.880. The normalized spacial score (nSPS) is 13.0. The molecule has 1 atom stereocenters. The van der Waals surface area contributed by atoms with Crippen LogP contribution in [0.25, 0.3) is 0 Å². The van der Waals surface area contributed by atoms with Gasteiger partial charge >= 0.3 is 147 Å². The zero-order valence-corrected chi connectivity index (χ0v) is 16.1. The van der Waals surface area contributed by atoms with E-state index >= 15 is 0 Å². The standard InChI is InChI=1S/C19H22OSTe/c1-2-3-6-15-19(22-18-13-9-5-10-14-18)16-21(20)17-11-7-4-8-12-17/h4-5,7-14,16H,2-3,6,15H2,1H3/b19-16-. The molecule has 1 unspecified atom stereocenters. The summed E-state index contributed by atoms with van der Waals surface area (Å²) in [6, 6.07) is 20.4. The van der Waals surface area contributed by atoms with Gasteiger partial charge in [0.25, 0.3) is 0 Å². The second-order valence-corrected chi connectivity index (χ2v) is 9.79. The van der Waals surface area contributed by atoms with Gasteiger partial charge in [-0.1, -0.05) is 0 Å². The molecule has 2 aromatic carbocycles. The van der Waals surface area contributed by atoms with Gasteiger partial charge in [0.2, 0.25) is 0 Å². The molecule has 0 fully saturated rings. The van der Waals surface area contributed by atoms with Gasteiger partial charge in [-0.05, 0) is 0 Å². The van der Waals surface area contributed by atoms with Crippen LogP contribution in [0.15, 0.2) is 74.6 Å². The number of rotatable bonds is 8. The predicted octanol–water partition coefficient (Wildman–Crippen LogP) is 4.25. The summed E-state index contributed by atoms with van der Waals surface area (Å²) in [6.07, 6.45) is 4.76. The van der Waals surface area contributed by atoms with E-state index in [1.54, 1.807) is 0 Å². The van der Waals surface area contributed by atoms with E-state index in [1.807, 2.05) is 35.7 Å². The Balaban J connectivity index is 2.12. The quantitative estimate of drug-likeness (QED) is 0.456. The van der Waals surface area contributed by atoms with Gasteiger partial charge < -0.3 is 0 Å². The van der Waals surface area contributed by atoms with E-state index in [4.69, 9.17) is 0 Å². The van der Waals surface area contributed by atoms with Crippen molar-refractivity contribution in [3.63, 3.8) is 0 Å². The zero-order chi connectivity index (χ0) is 15.6. The monoisotopic (exact) mass is 428 g/mol. The summed E-state index contributed by atoms with van der Waals surface area (Å²) in [5.74, 6) is 0. The molecule has 0 saturated heterocycles. The number of benzene rings is 2.